The molecule has 7 nitrogen and oxygen atoms in total. The Kier molecular flexibility index (Phi) is 6.32. The quantitative estimate of drug-likeness (QED) is 0.719. The van der Waals surface area contributed by atoms with E-state index >= 15 is 0 Å². The molecule has 1 aliphatic rings. The average Bonchev–Trinajstić information content (AvgIpc) is 2.73. The van der Waals surface area contributed by atoms with Crippen molar-refractivity contribution in [2.45, 2.75) is 6.42 Å². The Morgan fingerprint density at radius 3 is 2.10 bits per heavy atom. The Morgan fingerprint density at radius 1 is 1.00 bits per heavy atom. The third-order valence-corrected chi connectivity index (χ3v) is 6.43. The molecule has 3 rings (SSSR count). The van der Waals surface area contributed by atoms with Crippen LogP contribution >= 0.6 is 0 Å². The van der Waals surface area contributed by atoms with Crippen molar-refractivity contribution in [3.05, 3.63) is 54.1 Å². The van der Waals surface area contributed by atoms with Crippen LogP contribution in [-0.2, 0) is 21.2 Å². The monoisotopic (exact) mass is 417 g/mol. The maximum atomic E-state index is 12.7. The van der Waals surface area contributed by atoms with E-state index in [4.69, 9.17) is 4.74 Å². The molecule has 2 aromatic rings. The average molecular weight is 418 g/mol. The second-order valence-corrected chi connectivity index (χ2v) is 9.15. The summed E-state index contributed by atoms with van der Waals surface area (Å²) in [7, 11) is -0.133. The lowest BCUT2D eigenvalue weighted by molar-refractivity contribution is -0.130. The van der Waals surface area contributed by atoms with Crippen LogP contribution in [0.3, 0.4) is 0 Å². The van der Waals surface area contributed by atoms with Crippen molar-refractivity contribution in [3.8, 4) is 5.75 Å². The molecule has 0 saturated carbocycles. The van der Waals surface area contributed by atoms with E-state index in [1.54, 1.807) is 19.2 Å². The first-order valence-corrected chi connectivity index (χ1v) is 11.3. The van der Waals surface area contributed by atoms with E-state index < -0.39 is 10.0 Å². The minimum Gasteiger partial charge on any atom is -0.497 e. The molecule has 0 atom stereocenters. The largest absolute Gasteiger partial charge is 0.497 e. The second kappa shape index (κ2) is 8.73. The highest BCUT2D eigenvalue weighted by atomic mass is 32.2. The van der Waals surface area contributed by atoms with Crippen LogP contribution in [0.1, 0.15) is 5.56 Å². The summed E-state index contributed by atoms with van der Waals surface area (Å²) in [5, 5.41) is 0. The number of amides is 1. The number of nitrogens with zero attached hydrogens (tertiary/aromatic N) is 3. The number of piperazine rings is 1. The third-order valence-electron chi connectivity index (χ3n) is 5.22. The lowest BCUT2D eigenvalue weighted by Gasteiger charge is -2.36. The number of benzene rings is 2. The number of anilines is 2. The zero-order valence-corrected chi connectivity index (χ0v) is 17.9. The smallest absolute Gasteiger partial charge is 0.231 e. The van der Waals surface area contributed by atoms with Gasteiger partial charge in [-0.15, -0.1) is 0 Å². The van der Waals surface area contributed by atoms with Gasteiger partial charge in [-0.1, -0.05) is 12.1 Å². The molecule has 0 radical (unpaired) electrons. The van der Waals surface area contributed by atoms with Crippen molar-refractivity contribution in [2.24, 2.45) is 0 Å². The Morgan fingerprint density at radius 2 is 1.59 bits per heavy atom. The van der Waals surface area contributed by atoms with E-state index in [0.717, 1.165) is 36.3 Å². The van der Waals surface area contributed by atoms with Gasteiger partial charge in [0, 0.05) is 38.9 Å². The van der Waals surface area contributed by atoms with E-state index in [-0.39, 0.29) is 5.91 Å². The first-order chi connectivity index (χ1) is 13.8. The van der Waals surface area contributed by atoms with Crippen molar-refractivity contribution >= 4 is 27.3 Å². The van der Waals surface area contributed by atoms with Gasteiger partial charge in [-0.25, -0.2) is 8.42 Å². The molecular weight excluding hydrogens is 390 g/mol. The van der Waals surface area contributed by atoms with E-state index in [2.05, 4.69) is 4.90 Å². The van der Waals surface area contributed by atoms with Crippen molar-refractivity contribution in [3.63, 3.8) is 0 Å². The lowest BCUT2D eigenvalue weighted by Crippen LogP contribution is -2.49. The molecule has 29 heavy (non-hydrogen) atoms. The van der Waals surface area contributed by atoms with Crippen LogP contribution in [-0.4, -0.2) is 65.8 Å². The van der Waals surface area contributed by atoms with Crippen LogP contribution in [0.15, 0.2) is 48.5 Å². The number of methoxy groups -OCH3 is 1. The van der Waals surface area contributed by atoms with Crippen LogP contribution in [0, 0.1) is 0 Å². The molecule has 1 saturated heterocycles. The Bertz CT molecular complexity index is 935. The molecule has 1 heterocycles. The molecule has 8 heteroatoms. The molecular formula is C21H27N3O4S. The zero-order chi connectivity index (χ0) is 21.0. The number of rotatable bonds is 6. The van der Waals surface area contributed by atoms with Crippen LogP contribution < -0.4 is 13.9 Å². The predicted molar refractivity (Wildman–Crippen MR) is 115 cm³/mol. The summed E-state index contributed by atoms with van der Waals surface area (Å²) in [5.74, 6) is 0.917. The molecule has 0 aromatic heterocycles. The normalized spacial score (nSPS) is 14.6. The molecule has 0 unspecified atom stereocenters. The molecule has 156 valence electrons. The molecule has 1 amide bonds. The topological polar surface area (TPSA) is 70.2 Å². The Labute approximate surface area is 172 Å². The number of sulfonamides is 1. The zero-order valence-electron chi connectivity index (χ0n) is 17.0. The highest BCUT2D eigenvalue weighted by molar-refractivity contribution is 7.92. The summed E-state index contributed by atoms with van der Waals surface area (Å²) < 4.78 is 29.6. The van der Waals surface area contributed by atoms with Gasteiger partial charge in [0.05, 0.1) is 25.5 Å². The van der Waals surface area contributed by atoms with Gasteiger partial charge in [0.1, 0.15) is 5.75 Å². The van der Waals surface area contributed by atoms with Crippen LogP contribution in [0.2, 0.25) is 0 Å². The molecule has 1 fully saturated rings. The molecule has 0 spiro atoms. The van der Waals surface area contributed by atoms with Gasteiger partial charge in [-0.2, -0.15) is 0 Å². The van der Waals surface area contributed by atoms with Gasteiger partial charge >= 0.3 is 0 Å². The standard InChI is InChI=1S/C21H27N3O4S/c1-22(29(3,26)27)18-6-4-17(5-7-18)16-21(25)24-14-12-23(13-15-24)19-8-10-20(28-2)11-9-19/h4-11H,12-16H2,1-3H3. The van der Waals surface area contributed by atoms with Gasteiger partial charge in [-0.05, 0) is 42.0 Å². The Hall–Kier alpha value is -2.74. The van der Waals surface area contributed by atoms with Crippen molar-refractivity contribution < 1.29 is 17.9 Å². The van der Waals surface area contributed by atoms with E-state index in [1.807, 2.05) is 41.3 Å². The summed E-state index contributed by atoms with van der Waals surface area (Å²) in [4.78, 5) is 16.8. The van der Waals surface area contributed by atoms with E-state index in [0.29, 0.717) is 25.2 Å². The maximum absolute atomic E-state index is 12.7. The summed E-state index contributed by atoms with van der Waals surface area (Å²) in [6.45, 7) is 2.94. The second-order valence-electron chi connectivity index (χ2n) is 7.14. The highest BCUT2D eigenvalue weighted by Crippen LogP contribution is 2.21. The number of hydrogen-bond acceptors (Lipinski definition) is 5. The summed E-state index contributed by atoms with van der Waals surface area (Å²) in [6, 6.07) is 15.0. The molecule has 0 aliphatic carbocycles. The molecule has 0 bridgehead atoms. The summed E-state index contributed by atoms with van der Waals surface area (Å²) in [5.41, 5.74) is 2.58. The SMILES string of the molecule is COc1ccc(N2CCN(C(=O)Cc3ccc(N(C)S(C)(=O)=O)cc3)CC2)cc1. The van der Waals surface area contributed by atoms with Gasteiger partial charge in [0.15, 0.2) is 0 Å². The van der Waals surface area contributed by atoms with Crippen LogP contribution in [0.5, 0.6) is 5.75 Å². The number of carbonyl (C=O) groups excluding carboxylic acids is 1. The fraction of sp³-hybridized carbons (Fsp3) is 0.381. The van der Waals surface area contributed by atoms with Crippen molar-refractivity contribution in [1.29, 1.82) is 0 Å². The third kappa shape index (κ3) is 5.20. The van der Waals surface area contributed by atoms with Gasteiger partial charge in [0.25, 0.3) is 0 Å². The summed E-state index contributed by atoms with van der Waals surface area (Å²) >= 11 is 0. The first kappa shape index (κ1) is 21.0. The van der Waals surface area contributed by atoms with E-state index in [9.17, 15) is 13.2 Å². The number of carbonyl (C=O) groups is 1. The fourth-order valence-electron chi connectivity index (χ4n) is 3.31. The van der Waals surface area contributed by atoms with Gasteiger partial charge in [-0.3, -0.25) is 9.10 Å². The lowest BCUT2D eigenvalue weighted by atomic mass is 10.1. The minimum absolute atomic E-state index is 0.0867. The molecule has 0 N–H and O–H groups in total. The molecule has 1 aliphatic heterocycles. The van der Waals surface area contributed by atoms with Gasteiger partial charge < -0.3 is 14.5 Å². The first-order valence-electron chi connectivity index (χ1n) is 9.47. The van der Waals surface area contributed by atoms with Crippen molar-refractivity contribution in [2.75, 3.05) is 55.8 Å². The van der Waals surface area contributed by atoms with Crippen LogP contribution in [0.25, 0.3) is 0 Å². The van der Waals surface area contributed by atoms with Crippen molar-refractivity contribution in [1.82, 2.24) is 4.90 Å². The number of ether oxygens (including phenoxy) is 1. The maximum Gasteiger partial charge on any atom is 0.231 e. The summed E-state index contributed by atoms with van der Waals surface area (Å²) in [6.07, 6.45) is 1.47. The minimum atomic E-state index is -3.29. The van der Waals surface area contributed by atoms with Crippen LogP contribution in [0.4, 0.5) is 11.4 Å². The van der Waals surface area contributed by atoms with E-state index in [1.165, 1.54) is 11.4 Å². The Balaban J connectivity index is 1.54. The fourth-order valence-corrected chi connectivity index (χ4v) is 3.81. The predicted octanol–water partition coefficient (Wildman–Crippen LogP) is 1.98. The van der Waals surface area contributed by atoms with Gasteiger partial charge in [0.2, 0.25) is 15.9 Å². The molecule has 2 aromatic carbocycles. The number of hydrogen-bond donors (Lipinski definition) is 0. The highest BCUT2D eigenvalue weighted by Gasteiger charge is 2.21.